The van der Waals surface area contributed by atoms with Crippen molar-refractivity contribution in [3.8, 4) is 0 Å². The summed E-state index contributed by atoms with van der Waals surface area (Å²) in [5, 5.41) is 4.40. The molecule has 1 N–H and O–H groups in total. The third kappa shape index (κ3) is 3.90. The second-order valence-corrected chi connectivity index (χ2v) is 8.72. The maximum Gasteiger partial charge on any atom is 0.151 e. The van der Waals surface area contributed by atoms with Gasteiger partial charge in [-0.1, -0.05) is 37.1 Å². The molecule has 0 spiro atoms. The standard InChI is InChI=1S/C18H24N2O2S/c1-23(21,22)17-10-3-2-9-16(17)19-13-11-15-7-4-6-14-8-5-12-20-18(14)15/h4-8,12,16-17,19H,2-3,9-11,13H2,1H3/t16-,17+/m1/s1. The highest BCUT2D eigenvalue weighted by atomic mass is 32.2. The molecule has 124 valence electrons. The maximum atomic E-state index is 12.0. The second-order valence-electron chi connectivity index (χ2n) is 6.46. The van der Waals surface area contributed by atoms with Gasteiger partial charge in [-0.2, -0.15) is 0 Å². The average molecular weight is 332 g/mol. The number of pyridine rings is 1. The zero-order valence-corrected chi connectivity index (χ0v) is 14.3. The van der Waals surface area contributed by atoms with E-state index in [2.05, 4.69) is 34.6 Å². The number of nitrogens with zero attached hydrogens (tertiary/aromatic N) is 1. The summed E-state index contributed by atoms with van der Waals surface area (Å²) in [6, 6.07) is 10.3. The summed E-state index contributed by atoms with van der Waals surface area (Å²) in [5.74, 6) is 0. The first-order chi connectivity index (χ1) is 11.1. The molecule has 0 aliphatic heterocycles. The van der Waals surface area contributed by atoms with Gasteiger partial charge in [0.05, 0.1) is 10.8 Å². The minimum atomic E-state index is -2.98. The molecular weight excluding hydrogens is 308 g/mol. The van der Waals surface area contributed by atoms with Crippen LogP contribution in [-0.2, 0) is 16.3 Å². The van der Waals surface area contributed by atoms with Crippen LogP contribution in [0.2, 0.25) is 0 Å². The van der Waals surface area contributed by atoms with E-state index in [1.165, 1.54) is 11.8 Å². The van der Waals surface area contributed by atoms with Crippen LogP contribution in [-0.4, -0.2) is 37.5 Å². The van der Waals surface area contributed by atoms with Gasteiger partial charge in [0, 0.05) is 23.9 Å². The number of aromatic nitrogens is 1. The molecule has 2 aromatic rings. The Labute approximate surface area is 138 Å². The zero-order chi connectivity index (χ0) is 16.3. The second kappa shape index (κ2) is 6.97. The normalized spacial score (nSPS) is 22.3. The van der Waals surface area contributed by atoms with Crippen LogP contribution >= 0.6 is 0 Å². The highest BCUT2D eigenvalue weighted by molar-refractivity contribution is 7.91. The highest BCUT2D eigenvalue weighted by Gasteiger charge is 2.32. The van der Waals surface area contributed by atoms with E-state index in [0.29, 0.717) is 0 Å². The summed E-state index contributed by atoms with van der Waals surface area (Å²) in [6.45, 7) is 0.784. The lowest BCUT2D eigenvalue weighted by Gasteiger charge is -2.31. The molecule has 3 rings (SSSR count). The van der Waals surface area contributed by atoms with Gasteiger partial charge in [0.2, 0.25) is 0 Å². The van der Waals surface area contributed by atoms with Crippen molar-refractivity contribution >= 4 is 20.7 Å². The Balaban J connectivity index is 1.66. The number of sulfone groups is 1. The van der Waals surface area contributed by atoms with Gasteiger partial charge in [0.1, 0.15) is 0 Å². The van der Waals surface area contributed by atoms with Crippen molar-refractivity contribution in [3.05, 3.63) is 42.1 Å². The summed E-state index contributed by atoms with van der Waals surface area (Å²) >= 11 is 0. The van der Waals surface area contributed by atoms with Crippen LogP contribution in [0.3, 0.4) is 0 Å². The molecule has 1 fully saturated rings. The molecule has 1 aliphatic carbocycles. The summed E-state index contributed by atoms with van der Waals surface area (Å²) < 4.78 is 23.9. The van der Waals surface area contributed by atoms with E-state index in [9.17, 15) is 8.42 Å². The van der Waals surface area contributed by atoms with Crippen LogP contribution in [0, 0.1) is 0 Å². The van der Waals surface area contributed by atoms with Crippen LogP contribution < -0.4 is 5.32 Å². The van der Waals surface area contributed by atoms with Gasteiger partial charge >= 0.3 is 0 Å². The van der Waals surface area contributed by atoms with Crippen LogP contribution in [0.15, 0.2) is 36.5 Å². The number of rotatable bonds is 5. The Morgan fingerprint density at radius 2 is 1.96 bits per heavy atom. The molecule has 0 unspecified atom stereocenters. The first kappa shape index (κ1) is 16.4. The molecule has 1 saturated carbocycles. The molecular formula is C18H24N2O2S. The van der Waals surface area contributed by atoms with E-state index >= 15 is 0 Å². The summed E-state index contributed by atoms with van der Waals surface area (Å²) in [4.78, 5) is 4.48. The molecule has 0 bridgehead atoms. The predicted octanol–water partition coefficient (Wildman–Crippen LogP) is 2.72. The molecule has 1 heterocycles. The molecule has 2 atom stereocenters. The minimum absolute atomic E-state index is 0.0849. The van der Waals surface area contributed by atoms with E-state index < -0.39 is 9.84 Å². The van der Waals surface area contributed by atoms with Crippen molar-refractivity contribution < 1.29 is 8.42 Å². The molecule has 1 aliphatic rings. The van der Waals surface area contributed by atoms with Gasteiger partial charge in [-0.05, 0) is 37.4 Å². The van der Waals surface area contributed by atoms with Gasteiger partial charge in [-0.3, -0.25) is 4.98 Å². The number of para-hydroxylation sites is 1. The first-order valence-corrected chi connectivity index (χ1v) is 10.3. The SMILES string of the molecule is CS(=O)(=O)[C@H]1CCCC[C@H]1NCCc1cccc2cccnc12. The van der Waals surface area contributed by atoms with E-state index in [0.717, 1.165) is 49.6 Å². The number of benzene rings is 1. The van der Waals surface area contributed by atoms with E-state index in [-0.39, 0.29) is 11.3 Å². The van der Waals surface area contributed by atoms with E-state index in [4.69, 9.17) is 0 Å². The molecule has 0 radical (unpaired) electrons. The third-order valence-electron chi connectivity index (χ3n) is 4.77. The fourth-order valence-corrected chi connectivity index (χ4v) is 5.03. The first-order valence-electron chi connectivity index (χ1n) is 8.30. The summed E-state index contributed by atoms with van der Waals surface area (Å²) in [5.41, 5.74) is 2.25. The Bertz CT molecular complexity index is 768. The van der Waals surface area contributed by atoms with Gasteiger partial charge in [0.15, 0.2) is 9.84 Å². The molecule has 5 heteroatoms. The molecule has 1 aromatic heterocycles. The lowest BCUT2D eigenvalue weighted by Crippen LogP contribution is -2.46. The lowest BCUT2D eigenvalue weighted by atomic mass is 9.94. The zero-order valence-electron chi connectivity index (χ0n) is 13.5. The largest absolute Gasteiger partial charge is 0.312 e. The Morgan fingerprint density at radius 3 is 2.78 bits per heavy atom. The van der Waals surface area contributed by atoms with Crippen molar-refractivity contribution in [2.24, 2.45) is 0 Å². The van der Waals surface area contributed by atoms with Crippen molar-refractivity contribution in [2.45, 2.75) is 43.4 Å². The van der Waals surface area contributed by atoms with Gasteiger partial charge in [0.25, 0.3) is 0 Å². The fraction of sp³-hybridized carbons (Fsp3) is 0.500. The molecule has 1 aromatic carbocycles. The molecule has 4 nitrogen and oxygen atoms in total. The van der Waals surface area contributed by atoms with Crippen molar-refractivity contribution in [3.63, 3.8) is 0 Å². The Morgan fingerprint density at radius 1 is 1.17 bits per heavy atom. The predicted molar refractivity (Wildman–Crippen MR) is 94.3 cm³/mol. The maximum absolute atomic E-state index is 12.0. The summed E-state index contributed by atoms with van der Waals surface area (Å²) in [7, 11) is -2.98. The van der Waals surface area contributed by atoms with Crippen molar-refractivity contribution in [1.82, 2.24) is 10.3 Å². The topological polar surface area (TPSA) is 59.1 Å². The Hall–Kier alpha value is -1.46. The highest BCUT2D eigenvalue weighted by Crippen LogP contribution is 2.24. The van der Waals surface area contributed by atoms with Crippen LogP contribution in [0.5, 0.6) is 0 Å². The average Bonchev–Trinajstić information content (AvgIpc) is 2.55. The number of fused-ring (bicyclic) bond motifs is 1. The molecule has 23 heavy (non-hydrogen) atoms. The van der Waals surface area contributed by atoms with Crippen molar-refractivity contribution in [2.75, 3.05) is 12.8 Å². The summed E-state index contributed by atoms with van der Waals surface area (Å²) in [6.07, 6.45) is 7.91. The van der Waals surface area contributed by atoms with E-state index in [1.807, 2.05) is 12.3 Å². The van der Waals surface area contributed by atoms with Crippen LogP contribution in [0.25, 0.3) is 10.9 Å². The van der Waals surface area contributed by atoms with Gasteiger partial charge in [-0.15, -0.1) is 0 Å². The molecule has 0 saturated heterocycles. The Kier molecular flexibility index (Phi) is 4.97. The number of hydrogen-bond acceptors (Lipinski definition) is 4. The lowest BCUT2D eigenvalue weighted by molar-refractivity contribution is 0.374. The molecule has 0 amide bonds. The third-order valence-corrected chi connectivity index (χ3v) is 6.43. The van der Waals surface area contributed by atoms with Crippen LogP contribution in [0.4, 0.5) is 0 Å². The number of hydrogen-bond donors (Lipinski definition) is 1. The smallest absolute Gasteiger partial charge is 0.151 e. The quantitative estimate of drug-likeness (QED) is 0.914. The van der Waals surface area contributed by atoms with Gasteiger partial charge < -0.3 is 5.32 Å². The van der Waals surface area contributed by atoms with E-state index in [1.54, 1.807) is 0 Å². The number of nitrogens with one attached hydrogen (secondary N) is 1. The minimum Gasteiger partial charge on any atom is -0.312 e. The fourth-order valence-electron chi connectivity index (χ4n) is 3.60. The van der Waals surface area contributed by atoms with Crippen molar-refractivity contribution in [1.29, 1.82) is 0 Å². The van der Waals surface area contributed by atoms with Crippen LogP contribution in [0.1, 0.15) is 31.2 Å². The van der Waals surface area contributed by atoms with Gasteiger partial charge in [-0.25, -0.2) is 8.42 Å². The monoisotopic (exact) mass is 332 g/mol.